The molecule has 0 spiro atoms. The third kappa shape index (κ3) is 8.57. The van der Waals surface area contributed by atoms with E-state index in [4.69, 9.17) is 4.74 Å². The first-order valence-electron chi connectivity index (χ1n) is 9.55. The number of nitrogens with zero attached hydrogens (tertiary/aromatic N) is 2. The molecular weight excluding hydrogens is 431 g/mol. The molecule has 25 heavy (non-hydrogen) atoms. The van der Waals surface area contributed by atoms with Crippen molar-refractivity contribution in [3.05, 3.63) is 0 Å². The number of guanidine groups is 1. The maximum absolute atomic E-state index is 12.1. The topological polar surface area (TPSA) is 66.0 Å². The molecule has 1 unspecified atom stereocenters. The van der Waals surface area contributed by atoms with Crippen molar-refractivity contribution < 1.29 is 9.53 Å². The zero-order chi connectivity index (χ0) is 17.2. The Kier molecular flexibility index (Phi) is 11.4. The van der Waals surface area contributed by atoms with Crippen LogP contribution in [0.1, 0.15) is 51.9 Å². The largest absolute Gasteiger partial charge is 0.381 e. The van der Waals surface area contributed by atoms with Crippen molar-refractivity contribution >= 4 is 35.8 Å². The number of carbonyl (C=O) groups excluding carboxylic acids is 1. The minimum absolute atomic E-state index is 0. The normalized spacial score (nSPS) is 21.5. The van der Waals surface area contributed by atoms with E-state index < -0.39 is 0 Å². The van der Waals surface area contributed by atoms with Gasteiger partial charge in [0.05, 0.1) is 13.2 Å². The summed E-state index contributed by atoms with van der Waals surface area (Å²) in [5.41, 5.74) is 0. The van der Waals surface area contributed by atoms with Crippen LogP contribution < -0.4 is 10.6 Å². The standard InChI is InChI=1S/C18H34N4O2.HI/c1-3-19-18(22(2)13-15-10-12-24-14-15)20-11-9-17(23)21-16-7-5-4-6-8-16;/h15-16H,3-14H2,1-2H3,(H,19,20)(H,21,23);1H. The number of halogens is 1. The van der Waals surface area contributed by atoms with E-state index >= 15 is 0 Å². The fourth-order valence-electron chi connectivity index (χ4n) is 3.48. The number of amides is 1. The molecule has 2 aliphatic rings. The van der Waals surface area contributed by atoms with Gasteiger partial charge in [0.2, 0.25) is 5.91 Å². The molecule has 146 valence electrons. The van der Waals surface area contributed by atoms with Crippen molar-refractivity contribution in [1.29, 1.82) is 0 Å². The number of rotatable bonds is 7. The Morgan fingerprint density at radius 2 is 2.00 bits per heavy atom. The second-order valence-corrected chi connectivity index (χ2v) is 7.00. The maximum atomic E-state index is 12.1. The van der Waals surface area contributed by atoms with Gasteiger partial charge in [0.15, 0.2) is 5.96 Å². The van der Waals surface area contributed by atoms with Gasteiger partial charge in [-0.3, -0.25) is 9.79 Å². The number of hydrogen-bond donors (Lipinski definition) is 2. The highest BCUT2D eigenvalue weighted by atomic mass is 127. The maximum Gasteiger partial charge on any atom is 0.222 e. The Morgan fingerprint density at radius 3 is 2.64 bits per heavy atom. The Bertz CT molecular complexity index is 408. The van der Waals surface area contributed by atoms with Gasteiger partial charge in [-0.1, -0.05) is 19.3 Å². The summed E-state index contributed by atoms with van der Waals surface area (Å²) in [4.78, 5) is 18.8. The highest BCUT2D eigenvalue weighted by Crippen LogP contribution is 2.17. The molecule has 7 heteroatoms. The molecular formula is C18H35IN4O2. The van der Waals surface area contributed by atoms with Crippen molar-refractivity contribution in [3.8, 4) is 0 Å². The third-order valence-electron chi connectivity index (χ3n) is 4.82. The summed E-state index contributed by atoms with van der Waals surface area (Å²) in [6.07, 6.45) is 7.63. The smallest absolute Gasteiger partial charge is 0.222 e. The van der Waals surface area contributed by atoms with Crippen LogP contribution in [0.5, 0.6) is 0 Å². The van der Waals surface area contributed by atoms with Crippen LogP contribution in [-0.2, 0) is 9.53 Å². The molecule has 1 aliphatic carbocycles. The summed E-state index contributed by atoms with van der Waals surface area (Å²) < 4.78 is 5.44. The van der Waals surface area contributed by atoms with Crippen molar-refractivity contribution in [2.45, 2.75) is 57.9 Å². The first kappa shape index (κ1) is 22.5. The molecule has 0 aromatic carbocycles. The Balaban J connectivity index is 0.00000312. The lowest BCUT2D eigenvalue weighted by molar-refractivity contribution is -0.121. The van der Waals surface area contributed by atoms with E-state index in [9.17, 15) is 4.79 Å². The SMILES string of the molecule is CCNC(=NCCC(=O)NC1CCCCC1)N(C)CC1CCOC1.I. The zero-order valence-electron chi connectivity index (χ0n) is 15.8. The molecule has 1 heterocycles. The summed E-state index contributed by atoms with van der Waals surface area (Å²) in [5.74, 6) is 1.59. The monoisotopic (exact) mass is 466 g/mol. The van der Waals surface area contributed by atoms with Gasteiger partial charge in [-0.15, -0.1) is 24.0 Å². The Hall–Kier alpha value is -0.570. The van der Waals surface area contributed by atoms with Gasteiger partial charge in [0.25, 0.3) is 0 Å². The second kappa shape index (κ2) is 12.7. The van der Waals surface area contributed by atoms with E-state index in [1.165, 1.54) is 19.3 Å². The first-order valence-corrected chi connectivity index (χ1v) is 9.55. The molecule has 6 nitrogen and oxygen atoms in total. The van der Waals surface area contributed by atoms with Gasteiger partial charge >= 0.3 is 0 Å². The average Bonchev–Trinajstić information content (AvgIpc) is 3.08. The van der Waals surface area contributed by atoms with Crippen LogP contribution in [0.2, 0.25) is 0 Å². The van der Waals surface area contributed by atoms with Crippen LogP contribution in [0.4, 0.5) is 0 Å². The number of ether oxygens (including phenoxy) is 1. The minimum atomic E-state index is 0. The number of hydrogen-bond acceptors (Lipinski definition) is 3. The van der Waals surface area contributed by atoms with E-state index in [0.717, 1.165) is 51.5 Å². The predicted octanol–water partition coefficient (Wildman–Crippen LogP) is 2.38. The van der Waals surface area contributed by atoms with Crippen molar-refractivity contribution in [2.75, 3.05) is 39.9 Å². The Labute approximate surface area is 169 Å². The summed E-state index contributed by atoms with van der Waals surface area (Å²) in [5, 5.41) is 6.47. The first-order chi connectivity index (χ1) is 11.7. The third-order valence-corrected chi connectivity index (χ3v) is 4.82. The highest BCUT2D eigenvalue weighted by molar-refractivity contribution is 14.0. The van der Waals surface area contributed by atoms with E-state index in [0.29, 0.717) is 24.9 Å². The van der Waals surface area contributed by atoms with Gasteiger partial charge in [-0.2, -0.15) is 0 Å². The summed E-state index contributed by atoms with van der Waals surface area (Å²) in [6, 6.07) is 0.383. The molecule has 1 saturated carbocycles. The lowest BCUT2D eigenvalue weighted by Gasteiger charge is -2.24. The van der Waals surface area contributed by atoms with Gasteiger partial charge in [-0.25, -0.2) is 0 Å². The van der Waals surface area contributed by atoms with Crippen LogP contribution in [0.15, 0.2) is 4.99 Å². The number of nitrogens with one attached hydrogen (secondary N) is 2. The van der Waals surface area contributed by atoms with Crippen molar-refractivity contribution in [2.24, 2.45) is 10.9 Å². The summed E-state index contributed by atoms with van der Waals surface area (Å²) >= 11 is 0. The van der Waals surface area contributed by atoms with E-state index in [1.54, 1.807) is 0 Å². The fraction of sp³-hybridized carbons (Fsp3) is 0.889. The predicted molar refractivity (Wildman–Crippen MR) is 113 cm³/mol. The minimum Gasteiger partial charge on any atom is -0.381 e. The average molecular weight is 466 g/mol. The molecule has 1 saturated heterocycles. The Morgan fingerprint density at radius 1 is 1.24 bits per heavy atom. The lowest BCUT2D eigenvalue weighted by Crippen LogP contribution is -2.42. The van der Waals surface area contributed by atoms with Gasteiger partial charge in [-0.05, 0) is 26.2 Å². The van der Waals surface area contributed by atoms with Crippen molar-refractivity contribution in [3.63, 3.8) is 0 Å². The van der Waals surface area contributed by atoms with Crippen LogP contribution in [0, 0.1) is 5.92 Å². The molecule has 2 fully saturated rings. The summed E-state index contributed by atoms with van der Waals surface area (Å²) in [6.45, 7) is 6.09. The van der Waals surface area contributed by atoms with Crippen LogP contribution in [0.25, 0.3) is 0 Å². The molecule has 1 amide bonds. The number of aliphatic imine (C=N–C) groups is 1. The zero-order valence-corrected chi connectivity index (χ0v) is 18.1. The van der Waals surface area contributed by atoms with Crippen molar-refractivity contribution in [1.82, 2.24) is 15.5 Å². The van der Waals surface area contributed by atoms with Crippen LogP contribution >= 0.6 is 24.0 Å². The van der Waals surface area contributed by atoms with Gasteiger partial charge in [0, 0.05) is 45.1 Å². The quantitative estimate of drug-likeness (QED) is 0.344. The molecule has 0 bridgehead atoms. The van der Waals surface area contributed by atoms with Crippen LogP contribution in [0.3, 0.4) is 0 Å². The van der Waals surface area contributed by atoms with Gasteiger partial charge < -0.3 is 20.3 Å². The molecule has 1 atom stereocenters. The van der Waals surface area contributed by atoms with E-state index in [-0.39, 0.29) is 29.9 Å². The lowest BCUT2D eigenvalue weighted by atomic mass is 9.95. The molecule has 0 radical (unpaired) electrons. The highest BCUT2D eigenvalue weighted by Gasteiger charge is 2.19. The van der Waals surface area contributed by atoms with Gasteiger partial charge in [0.1, 0.15) is 0 Å². The molecule has 1 aliphatic heterocycles. The summed E-state index contributed by atoms with van der Waals surface area (Å²) in [7, 11) is 2.06. The van der Waals surface area contributed by atoms with E-state index in [1.807, 2.05) is 0 Å². The molecule has 0 aromatic rings. The second-order valence-electron chi connectivity index (χ2n) is 7.00. The molecule has 0 aromatic heterocycles. The van der Waals surface area contributed by atoms with Crippen LogP contribution in [-0.4, -0.2) is 62.7 Å². The fourth-order valence-corrected chi connectivity index (χ4v) is 3.48. The van der Waals surface area contributed by atoms with E-state index in [2.05, 4.69) is 34.5 Å². The number of carbonyl (C=O) groups is 1. The molecule has 2 N–H and O–H groups in total. The molecule has 2 rings (SSSR count).